The van der Waals surface area contributed by atoms with Crippen LogP contribution < -0.4 is 11.1 Å². The van der Waals surface area contributed by atoms with Gasteiger partial charge in [0.05, 0.1) is 12.7 Å². The standard InChI is InChI=1S/C12H26N4O/c1-4-16-5-6-17-11(9-16)8-15-12(13)14-7-10(2)3/h10-11H,4-9H2,1-3H3,(H3,13,14,15). The Morgan fingerprint density at radius 2 is 2.35 bits per heavy atom. The van der Waals surface area contributed by atoms with Crippen molar-refractivity contribution in [2.24, 2.45) is 16.6 Å². The quantitative estimate of drug-likeness (QED) is 0.536. The smallest absolute Gasteiger partial charge is 0.188 e. The Kier molecular flexibility index (Phi) is 6.29. The average molecular weight is 242 g/mol. The number of likely N-dealkylation sites (N-methyl/N-ethyl adjacent to an activating group) is 1. The zero-order valence-electron chi connectivity index (χ0n) is 11.3. The van der Waals surface area contributed by atoms with E-state index in [0.717, 1.165) is 39.3 Å². The molecule has 100 valence electrons. The lowest BCUT2D eigenvalue weighted by Gasteiger charge is -2.32. The fraction of sp³-hybridized carbons (Fsp3) is 0.917. The summed E-state index contributed by atoms with van der Waals surface area (Å²) in [6.45, 7) is 11.8. The monoisotopic (exact) mass is 242 g/mol. The van der Waals surface area contributed by atoms with E-state index in [1.807, 2.05) is 0 Å². The maximum Gasteiger partial charge on any atom is 0.188 e. The van der Waals surface area contributed by atoms with Crippen LogP contribution in [0.3, 0.4) is 0 Å². The molecule has 1 atom stereocenters. The van der Waals surface area contributed by atoms with Gasteiger partial charge in [-0.25, -0.2) is 0 Å². The van der Waals surface area contributed by atoms with Crippen molar-refractivity contribution in [3.63, 3.8) is 0 Å². The van der Waals surface area contributed by atoms with Crippen LogP contribution in [0.1, 0.15) is 20.8 Å². The molecule has 1 aliphatic heterocycles. The molecule has 5 nitrogen and oxygen atoms in total. The number of hydrogen-bond donors (Lipinski definition) is 2. The third-order valence-corrected chi connectivity index (χ3v) is 2.81. The second kappa shape index (κ2) is 7.50. The lowest BCUT2D eigenvalue weighted by molar-refractivity contribution is -0.0233. The van der Waals surface area contributed by atoms with Crippen molar-refractivity contribution in [3.8, 4) is 0 Å². The van der Waals surface area contributed by atoms with Gasteiger partial charge in [-0.05, 0) is 12.5 Å². The normalized spacial score (nSPS) is 23.1. The molecule has 0 spiro atoms. The maximum absolute atomic E-state index is 5.78. The third kappa shape index (κ3) is 5.89. The van der Waals surface area contributed by atoms with E-state index >= 15 is 0 Å². The van der Waals surface area contributed by atoms with E-state index in [0.29, 0.717) is 11.9 Å². The van der Waals surface area contributed by atoms with Crippen LogP contribution in [0.25, 0.3) is 0 Å². The first-order valence-electron chi connectivity index (χ1n) is 6.49. The van der Waals surface area contributed by atoms with Crippen molar-refractivity contribution in [2.45, 2.75) is 26.9 Å². The highest BCUT2D eigenvalue weighted by Crippen LogP contribution is 2.03. The molecule has 1 rings (SSSR count). The Morgan fingerprint density at radius 3 is 3.00 bits per heavy atom. The summed E-state index contributed by atoms with van der Waals surface area (Å²) >= 11 is 0. The lowest BCUT2D eigenvalue weighted by atomic mass is 10.2. The van der Waals surface area contributed by atoms with Crippen LogP contribution in [-0.4, -0.2) is 56.3 Å². The third-order valence-electron chi connectivity index (χ3n) is 2.81. The zero-order valence-corrected chi connectivity index (χ0v) is 11.3. The highest BCUT2D eigenvalue weighted by atomic mass is 16.5. The number of hydrogen-bond acceptors (Lipinski definition) is 3. The van der Waals surface area contributed by atoms with Crippen LogP contribution >= 0.6 is 0 Å². The van der Waals surface area contributed by atoms with Crippen molar-refractivity contribution in [2.75, 3.05) is 39.3 Å². The second-order valence-corrected chi connectivity index (χ2v) is 4.89. The maximum atomic E-state index is 5.78. The largest absolute Gasteiger partial charge is 0.374 e. The Balaban J connectivity index is 2.23. The van der Waals surface area contributed by atoms with Crippen molar-refractivity contribution in [3.05, 3.63) is 0 Å². The van der Waals surface area contributed by atoms with E-state index < -0.39 is 0 Å². The van der Waals surface area contributed by atoms with Crippen LogP contribution in [0.2, 0.25) is 0 Å². The van der Waals surface area contributed by atoms with E-state index in [2.05, 4.69) is 36.0 Å². The fourth-order valence-corrected chi connectivity index (χ4v) is 1.75. The second-order valence-electron chi connectivity index (χ2n) is 4.89. The van der Waals surface area contributed by atoms with Gasteiger partial charge in [0.15, 0.2) is 5.96 Å². The summed E-state index contributed by atoms with van der Waals surface area (Å²) in [4.78, 5) is 6.65. The minimum Gasteiger partial charge on any atom is -0.374 e. The Labute approximate surface area is 104 Å². The number of nitrogens with two attached hydrogens (primary N) is 1. The van der Waals surface area contributed by atoms with Gasteiger partial charge < -0.3 is 15.8 Å². The fourth-order valence-electron chi connectivity index (χ4n) is 1.75. The van der Waals surface area contributed by atoms with E-state index in [1.54, 1.807) is 0 Å². The molecule has 0 radical (unpaired) electrons. The summed E-state index contributed by atoms with van der Waals surface area (Å²) in [7, 11) is 0. The molecule has 0 aromatic heterocycles. The first-order chi connectivity index (χ1) is 8.11. The molecule has 0 aromatic rings. The molecule has 0 bridgehead atoms. The van der Waals surface area contributed by atoms with E-state index in [-0.39, 0.29) is 6.10 Å². The first-order valence-corrected chi connectivity index (χ1v) is 6.49. The van der Waals surface area contributed by atoms with Crippen LogP contribution in [0.15, 0.2) is 4.99 Å². The number of nitrogens with one attached hydrogen (secondary N) is 1. The Morgan fingerprint density at radius 1 is 1.59 bits per heavy atom. The topological polar surface area (TPSA) is 62.9 Å². The average Bonchev–Trinajstić information content (AvgIpc) is 2.34. The van der Waals surface area contributed by atoms with Crippen molar-refractivity contribution in [1.82, 2.24) is 10.2 Å². The van der Waals surface area contributed by atoms with Crippen molar-refractivity contribution >= 4 is 5.96 Å². The predicted octanol–water partition coefficient (Wildman–Crippen LogP) is 0.267. The highest BCUT2D eigenvalue weighted by molar-refractivity contribution is 5.77. The molecule has 1 heterocycles. The minimum atomic E-state index is 0.219. The summed E-state index contributed by atoms with van der Waals surface area (Å²) < 4.78 is 5.67. The van der Waals surface area contributed by atoms with Gasteiger partial charge in [0.1, 0.15) is 0 Å². The number of nitrogens with zero attached hydrogens (tertiary/aromatic N) is 2. The van der Waals surface area contributed by atoms with Gasteiger partial charge in [0.2, 0.25) is 0 Å². The molecule has 3 N–H and O–H groups in total. The number of guanidine groups is 1. The molecular formula is C12H26N4O. The molecule has 0 saturated carbocycles. The number of morpholine rings is 1. The van der Waals surface area contributed by atoms with E-state index in [4.69, 9.17) is 10.5 Å². The molecule has 17 heavy (non-hydrogen) atoms. The van der Waals surface area contributed by atoms with Crippen LogP contribution in [-0.2, 0) is 4.74 Å². The van der Waals surface area contributed by atoms with Gasteiger partial charge in [0, 0.05) is 26.2 Å². The lowest BCUT2D eigenvalue weighted by Crippen LogP contribution is -2.48. The summed E-state index contributed by atoms with van der Waals surface area (Å²) in [5.74, 6) is 1.06. The van der Waals surface area contributed by atoms with Crippen LogP contribution in [0.4, 0.5) is 0 Å². The van der Waals surface area contributed by atoms with Crippen molar-refractivity contribution in [1.29, 1.82) is 0 Å². The molecule has 0 aromatic carbocycles. The minimum absolute atomic E-state index is 0.219. The zero-order chi connectivity index (χ0) is 12.7. The van der Waals surface area contributed by atoms with Gasteiger partial charge in [-0.1, -0.05) is 20.8 Å². The number of aliphatic imine (C=N–C) groups is 1. The van der Waals surface area contributed by atoms with Gasteiger partial charge in [0.25, 0.3) is 0 Å². The summed E-state index contributed by atoms with van der Waals surface area (Å²) in [6.07, 6.45) is 0.219. The van der Waals surface area contributed by atoms with Crippen LogP contribution in [0.5, 0.6) is 0 Å². The summed E-state index contributed by atoms with van der Waals surface area (Å²) in [5.41, 5.74) is 5.78. The highest BCUT2D eigenvalue weighted by Gasteiger charge is 2.18. The number of rotatable bonds is 5. The first kappa shape index (κ1) is 14.3. The SMILES string of the molecule is CCN1CCOC(CNC(N)=NCC(C)C)C1. The molecule has 5 heteroatoms. The van der Waals surface area contributed by atoms with Gasteiger partial charge in [-0.15, -0.1) is 0 Å². The molecule has 1 aliphatic rings. The molecule has 0 aliphatic carbocycles. The van der Waals surface area contributed by atoms with E-state index in [9.17, 15) is 0 Å². The van der Waals surface area contributed by atoms with Crippen molar-refractivity contribution < 1.29 is 4.74 Å². The summed E-state index contributed by atoms with van der Waals surface area (Å²) in [6, 6.07) is 0. The number of ether oxygens (including phenoxy) is 1. The molecule has 1 saturated heterocycles. The van der Waals surface area contributed by atoms with Gasteiger partial charge in [-0.3, -0.25) is 9.89 Å². The Hall–Kier alpha value is -0.810. The van der Waals surface area contributed by atoms with E-state index in [1.165, 1.54) is 0 Å². The molecule has 1 fully saturated rings. The van der Waals surface area contributed by atoms with Gasteiger partial charge in [-0.2, -0.15) is 0 Å². The summed E-state index contributed by atoms with van der Waals surface area (Å²) in [5, 5.41) is 3.13. The molecule has 0 amide bonds. The van der Waals surface area contributed by atoms with Crippen LogP contribution in [0, 0.1) is 5.92 Å². The molecule has 1 unspecified atom stereocenters. The molecular weight excluding hydrogens is 216 g/mol. The Bertz CT molecular complexity index is 243. The predicted molar refractivity (Wildman–Crippen MR) is 71.2 cm³/mol. The van der Waals surface area contributed by atoms with Gasteiger partial charge >= 0.3 is 0 Å².